The summed E-state index contributed by atoms with van der Waals surface area (Å²) in [5.41, 5.74) is 1.18. The van der Waals surface area contributed by atoms with Gasteiger partial charge in [-0.2, -0.15) is 0 Å². The molecule has 0 saturated heterocycles. The molecule has 0 spiro atoms. The summed E-state index contributed by atoms with van der Waals surface area (Å²) in [4.78, 5) is 12.9. The van der Waals surface area contributed by atoms with Gasteiger partial charge in [-0.25, -0.2) is 9.97 Å². The van der Waals surface area contributed by atoms with Gasteiger partial charge in [0.25, 0.3) is 0 Å². The highest BCUT2D eigenvalue weighted by molar-refractivity contribution is 7.21. The highest BCUT2D eigenvalue weighted by Gasteiger charge is 2.16. The fourth-order valence-corrected chi connectivity index (χ4v) is 3.20. The van der Waals surface area contributed by atoms with Gasteiger partial charge >= 0.3 is 0 Å². The zero-order valence-electron chi connectivity index (χ0n) is 12.0. The molecule has 0 amide bonds. The molecule has 1 N–H and O–H groups in total. The summed E-state index contributed by atoms with van der Waals surface area (Å²) in [5, 5.41) is 10.4. The minimum atomic E-state index is 0.0168. The van der Waals surface area contributed by atoms with Crippen molar-refractivity contribution in [3.8, 4) is 10.4 Å². The van der Waals surface area contributed by atoms with Crippen LogP contribution in [-0.2, 0) is 0 Å². The molecule has 0 bridgehead atoms. The van der Waals surface area contributed by atoms with Gasteiger partial charge in [0, 0.05) is 11.9 Å². The molecule has 2 aromatic heterocycles. The van der Waals surface area contributed by atoms with Gasteiger partial charge < -0.3 is 10.0 Å². The lowest BCUT2D eigenvalue weighted by Crippen LogP contribution is -2.32. The summed E-state index contributed by atoms with van der Waals surface area (Å²) in [6.45, 7) is 2.07. The third-order valence-electron chi connectivity index (χ3n) is 3.63. The first-order valence-corrected chi connectivity index (χ1v) is 7.66. The van der Waals surface area contributed by atoms with Crippen molar-refractivity contribution in [2.45, 2.75) is 13.0 Å². The Balaban J connectivity index is 2.10. The summed E-state index contributed by atoms with van der Waals surface area (Å²) >= 11 is 1.66. The number of aromatic nitrogens is 2. The van der Waals surface area contributed by atoms with E-state index in [4.69, 9.17) is 0 Å². The fraction of sp³-hybridized carbons (Fsp3) is 0.250. The summed E-state index contributed by atoms with van der Waals surface area (Å²) < 4.78 is 0. The standard InChI is InChI=1S/C16H17N3OS/c1-11(9-20)19(2)15-13-8-14(12-6-4-3-5-7-12)21-16(13)18-10-17-15/h3-8,10-11,20H,9H2,1-2H3/t11-/m1/s1. The number of benzene rings is 1. The zero-order chi connectivity index (χ0) is 14.8. The Bertz CT molecular complexity index is 742. The first kappa shape index (κ1) is 14.0. The van der Waals surface area contributed by atoms with E-state index in [1.807, 2.05) is 37.1 Å². The first-order valence-electron chi connectivity index (χ1n) is 6.84. The zero-order valence-corrected chi connectivity index (χ0v) is 12.8. The molecule has 108 valence electrons. The molecule has 0 saturated carbocycles. The number of nitrogens with zero attached hydrogens (tertiary/aromatic N) is 3. The number of likely N-dealkylation sites (N-methyl/N-ethyl adjacent to an activating group) is 1. The lowest BCUT2D eigenvalue weighted by Gasteiger charge is -2.24. The van der Waals surface area contributed by atoms with Crippen molar-refractivity contribution in [2.75, 3.05) is 18.6 Å². The maximum absolute atomic E-state index is 9.34. The van der Waals surface area contributed by atoms with E-state index in [-0.39, 0.29) is 12.6 Å². The van der Waals surface area contributed by atoms with Crippen molar-refractivity contribution in [1.29, 1.82) is 0 Å². The Labute approximate surface area is 127 Å². The van der Waals surface area contributed by atoms with Crippen LogP contribution in [0.2, 0.25) is 0 Å². The van der Waals surface area contributed by atoms with Crippen molar-refractivity contribution in [3.05, 3.63) is 42.7 Å². The third kappa shape index (κ3) is 2.62. The summed E-state index contributed by atoms with van der Waals surface area (Å²) in [6.07, 6.45) is 1.59. The molecule has 2 heterocycles. The molecule has 21 heavy (non-hydrogen) atoms. The molecule has 0 unspecified atom stereocenters. The largest absolute Gasteiger partial charge is 0.394 e. The van der Waals surface area contributed by atoms with Gasteiger partial charge in [0.15, 0.2) is 0 Å². The quantitative estimate of drug-likeness (QED) is 0.804. The van der Waals surface area contributed by atoms with E-state index in [9.17, 15) is 5.11 Å². The molecule has 3 aromatic rings. The van der Waals surface area contributed by atoms with Gasteiger partial charge in [-0.15, -0.1) is 11.3 Å². The third-order valence-corrected chi connectivity index (χ3v) is 4.72. The highest BCUT2D eigenvalue weighted by Crippen LogP contribution is 2.35. The van der Waals surface area contributed by atoms with Crippen LogP contribution in [0.4, 0.5) is 5.82 Å². The Morgan fingerprint density at radius 3 is 2.71 bits per heavy atom. The van der Waals surface area contributed by atoms with Crippen LogP contribution in [0, 0.1) is 0 Å². The lowest BCUT2D eigenvalue weighted by atomic mass is 10.2. The molecule has 0 radical (unpaired) electrons. The number of aliphatic hydroxyl groups is 1. The van der Waals surface area contributed by atoms with Gasteiger partial charge in [0.2, 0.25) is 0 Å². The SMILES string of the molecule is C[C@H](CO)N(C)c1ncnc2sc(-c3ccccc3)cc12. The van der Waals surface area contributed by atoms with E-state index < -0.39 is 0 Å². The van der Waals surface area contributed by atoms with Crippen LogP contribution in [0.15, 0.2) is 42.7 Å². The predicted molar refractivity (Wildman–Crippen MR) is 87.8 cm³/mol. The van der Waals surface area contributed by atoms with Gasteiger partial charge in [-0.1, -0.05) is 30.3 Å². The van der Waals surface area contributed by atoms with E-state index in [2.05, 4.69) is 28.2 Å². The highest BCUT2D eigenvalue weighted by atomic mass is 32.1. The molecule has 0 aliphatic heterocycles. The van der Waals surface area contributed by atoms with Crippen molar-refractivity contribution < 1.29 is 5.11 Å². The Morgan fingerprint density at radius 2 is 2.00 bits per heavy atom. The van der Waals surface area contributed by atoms with Crippen LogP contribution < -0.4 is 4.90 Å². The van der Waals surface area contributed by atoms with E-state index in [0.717, 1.165) is 16.0 Å². The maximum atomic E-state index is 9.34. The van der Waals surface area contributed by atoms with E-state index in [1.54, 1.807) is 17.7 Å². The molecule has 4 nitrogen and oxygen atoms in total. The van der Waals surface area contributed by atoms with Crippen LogP contribution in [0.25, 0.3) is 20.7 Å². The molecule has 0 aliphatic carbocycles. The van der Waals surface area contributed by atoms with Crippen molar-refractivity contribution >= 4 is 27.4 Å². The summed E-state index contributed by atoms with van der Waals surface area (Å²) in [5.74, 6) is 0.861. The number of aliphatic hydroxyl groups excluding tert-OH is 1. The smallest absolute Gasteiger partial charge is 0.140 e. The molecule has 1 atom stereocenters. The molecule has 5 heteroatoms. The molecule has 3 rings (SSSR count). The summed E-state index contributed by atoms with van der Waals surface area (Å²) in [7, 11) is 1.95. The fourth-order valence-electron chi connectivity index (χ4n) is 2.20. The second kappa shape index (κ2) is 5.79. The number of thiophene rings is 1. The van der Waals surface area contributed by atoms with Crippen LogP contribution in [0.1, 0.15) is 6.92 Å². The van der Waals surface area contributed by atoms with E-state index in [0.29, 0.717) is 0 Å². The molecular formula is C16H17N3OS. The number of fused-ring (bicyclic) bond motifs is 1. The average Bonchev–Trinajstić information content (AvgIpc) is 2.98. The van der Waals surface area contributed by atoms with Gasteiger partial charge in [-0.3, -0.25) is 0 Å². The lowest BCUT2D eigenvalue weighted by molar-refractivity contribution is 0.270. The monoisotopic (exact) mass is 299 g/mol. The maximum Gasteiger partial charge on any atom is 0.140 e. The Morgan fingerprint density at radius 1 is 1.24 bits per heavy atom. The Kier molecular flexibility index (Phi) is 3.86. The molecule has 0 aliphatic rings. The van der Waals surface area contributed by atoms with Crippen LogP contribution in [0.5, 0.6) is 0 Å². The van der Waals surface area contributed by atoms with Gasteiger partial charge in [-0.05, 0) is 18.6 Å². The van der Waals surface area contributed by atoms with Gasteiger partial charge in [0.1, 0.15) is 17.0 Å². The van der Waals surface area contributed by atoms with E-state index >= 15 is 0 Å². The van der Waals surface area contributed by atoms with Crippen molar-refractivity contribution in [2.24, 2.45) is 0 Å². The minimum Gasteiger partial charge on any atom is -0.394 e. The number of hydrogen-bond acceptors (Lipinski definition) is 5. The number of anilines is 1. The molecule has 1 aromatic carbocycles. The topological polar surface area (TPSA) is 49.2 Å². The molecular weight excluding hydrogens is 282 g/mol. The minimum absolute atomic E-state index is 0.0168. The van der Waals surface area contributed by atoms with Crippen LogP contribution >= 0.6 is 11.3 Å². The second-order valence-electron chi connectivity index (χ2n) is 5.04. The normalized spacial score (nSPS) is 12.5. The van der Waals surface area contributed by atoms with Crippen LogP contribution in [-0.4, -0.2) is 34.8 Å². The summed E-state index contributed by atoms with van der Waals surface area (Å²) in [6, 6.07) is 12.4. The van der Waals surface area contributed by atoms with E-state index in [1.165, 1.54) is 10.4 Å². The Hall–Kier alpha value is -1.98. The molecule has 0 fully saturated rings. The van der Waals surface area contributed by atoms with Crippen LogP contribution in [0.3, 0.4) is 0 Å². The van der Waals surface area contributed by atoms with Crippen molar-refractivity contribution in [1.82, 2.24) is 9.97 Å². The number of rotatable bonds is 4. The second-order valence-corrected chi connectivity index (χ2v) is 6.07. The predicted octanol–water partition coefficient (Wildman–Crippen LogP) is 3.18. The average molecular weight is 299 g/mol. The first-order chi connectivity index (χ1) is 10.2. The number of hydrogen-bond donors (Lipinski definition) is 1. The van der Waals surface area contributed by atoms with Gasteiger partial charge in [0.05, 0.1) is 18.0 Å². The van der Waals surface area contributed by atoms with Crippen molar-refractivity contribution in [3.63, 3.8) is 0 Å².